The van der Waals surface area contributed by atoms with Crippen LogP contribution in [0.3, 0.4) is 0 Å². The van der Waals surface area contributed by atoms with E-state index >= 15 is 0 Å². The lowest BCUT2D eigenvalue weighted by atomic mass is 9.72. The van der Waals surface area contributed by atoms with Crippen LogP contribution in [-0.4, -0.2) is 30.1 Å². The Kier molecular flexibility index (Phi) is 5.92. The lowest BCUT2D eigenvalue weighted by molar-refractivity contribution is -0.00663. The molecule has 0 aromatic carbocycles. The largest absolute Gasteiger partial charge is 0.329 e. The standard InChI is InChI=1S/C18H36N2/c1-4-15(3)12-18(5-2,14-19)20-11-10-16-8-6-7-9-17(16)13-20/h15-17H,4-14,19H2,1-3H3. The molecule has 0 aromatic heterocycles. The summed E-state index contributed by atoms with van der Waals surface area (Å²) in [5.41, 5.74) is 6.55. The number of hydrogen-bond donors (Lipinski definition) is 1. The summed E-state index contributed by atoms with van der Waals surface area (Å²) in [6, 6.07) is 0. The lowest BCUT2D eigenvalue weighted by Gasteiger charge is -2.51. The molecular formula is C18H36N2. The predicted molar refractivity (Wildman–Crippen MR) is 87.8 cm³/mol. The molecule has 2 nitrogen and oxygen atoms in total. The summed E-state index contributed by atoms with van der Waals surface area (Å²) < 4.78 is 0. The maximum Gasteiger partial charge on any atom is 0.0331 e. The normalized spacial score (nSPS) is 32.4. The number of likely N-dealkylation sites (tertiary alicyclic amines) is 1. The Hall–Kier alpha value is -0.0800. The zero-order chi connectivity index (χ0) is 14.6. The van der Waals surface area contributed by atoms with E-state index in [-0.39, 0.29) is 5.54 Å². The van der Waals surface area contributed by atoms with Gasteiger partial charge in [-0.25, -0.2) is 0 Å². The molecule has 1 heterocycles. The van der Waals surface area contributed by atoms with Gasteiger partial charge in [-0.15, -0.1) is 0 Å². The smallest absolute Gasteiger partial charge is 0.0331 e. The van der Waals surface area contributed by atoms with Gasteiger partial charge in [-0.05, 0) is 50.0 Å². The first kappa shape index (κ1) is 16.3. The quantitative estimate of drug-likeness (QED) is 0.795. The highest BCUT2D eigenvalue weighted by molar-refractivity contribution is 4.96. The van der Waals surface area contributed by atoms with E-state index in [1.165, 1.54) is 64.5 Å². The monoisotopic (exact) mass is 280 g/mol. The first-order valence-electron chi connectivity index (χ1n) is 9.10. The number of nitrogens with zero attached hydrogens (tertiary/aromatic N) is 1. The van der Waals surface area contributed by atoms with Gasteiger partial charge in [0, 0.05) is 18.6 Å². The van der Waals surface area contributed by atoms with Crippen molar-refractivity contribution in [2.75, 3.05) is 19.6 Å². The third-order valence-corrected chi connectivity index (χ3v) is 6.43. The fourth-order valence-electron chi connectivity index (χ4n) is 4.68. The molecule has 20 heavy (non-hydrogen) atoms. The second-order valence-electron chi connectivity index (χ2n) is 7.54. The number of piperidine rings is 1. The summed E-state index contributed by atoms with van der Waals surface area (Å²) in [4.78, 5) is 2.80. The van der Waals surface area contributed by atoms with E-state index < -0.39 is 0 Å². The summed E-state index contributed by atoms with van der Waals surface area (Å²) in [5, 5.41) is 0. The first-order valence-corrected chi connectivity index (χ1v) is 9.10. The van der Waals surface area contributed by atoms with Crippen LogP contribution < -0.4 is 5.73 Å². The summed E-state index contributed by atoms with van der Waals surface area (Å²) >= 11 is 0. The van der Waals surface area contributed by atoms with Gasteiger partial charge in [0.05, 0.1) is 0 Å². The summed E-state index contributed by atoms with van der Waals surface area (Å²) in [6.07, 6.45) is 11.1. The average Bonchev–Trinajstić information content (AvgIpc) is 2.52. The Bertz CT molecular complexity index is 285. The lowest BCUT2D eigenvalue weighted by Crippen LogP contribution is -2.58. The molecular weight excluding hydrogens is 244 g/mol. The number of hydrogen-bond acceptors (Lipinski definition) is 2. The average molecular weight is 280 g/mol. The Labute approximate surface area is 126 Å². The molecule has 2 fully saturated rings. The molecule has 4 unspecified atom stereocenters. The molecule has 1 saturated carbocycles. The van der Waals surface area contributed by atoms with Gasteiger partial charge >= 0.3 is 0 Å². The molecule has 2 heteroatoms. The van der Waals surface area contributed by atoms with E-state index in [4.69, 9.17) is 5.73 Å². The van der Waals surface area contributed by atoms with Gasteiger partial charge in [-0.3, -0.25) is 4.90 Å². The Balaban J connectivity index is 2.05. The predicted octanol–water partition coefficient (Wildman–Crippen LogP) is 4.04. The molecule has 0 amide bonds. The molecule has 0 radical (unpaired) electrons. The molecule has 0 aromatic rings. The van der Waals surface area contributed by atoms with E-state index in [0.717, 1.165) is 24.3 Å². The van der Waals surface area contributed by atoms with Crippen LogP contribution in [-0.2, 0) is 0 Å². The van der Waals surface area contributed by atoms with Gasteiger partial charge in [0.2, 0.25) is 0 Å². The van der Waals surface area contributed by atoms with Crippen LogP contribution >= 0.6 is 0 Å². The minimum absolute atomic E-state index is 0.276. The molecule has 1 aliphatic carbocycles. The zero-order valence-corrected chi connectivity index (χ0v) is 14.0. The molecule has 1 saturated heterocycles. The van der Waals surface area contributed by atoms with Crippen LogP contribution in [0.15, 0.2) is 0 Å². The van der Waals surface area contributed by atoms with E-state index in [0.29, 0.717) is 0 Å². The van der Waals surface area contributed by atoms with Crippen LogP contribution in [0.4, 0.5) is 0 Å². The van der Waals surface area contributed by atoms with Crippen molar-refractivity contribution in [3.63, 3.8) is 0 Å². The van der Waals surface area contributed by atoms with Gasteiger partial charge in [0.25, 0.3) is 0 Å². The highest BCUT2D eigenvalue weighted by Crippen LogP contribution is 2.40. The summed E-state index contributed by atoms with van der Waals surface area (Å²) in [5.74, 6) is 2.78. The minimum Gasteiger partial charge on any atom is -0.329 e. The van der Waals surface area contributed by atoms with Crippen molar-refractivity contribution in [3.8, 4) is 0 Å². The molecule has 4 atom stereocenters. The number of nitrogens with two attached hydrogens (primary N) is 1. The van der Waals surface area contributed by atoms with Crippen molar-refractivity contribution >= 4 is 0 Å². The van der Waals surface area contributed by atoms with Gasteiger partial charge in [0.1, 0.15) is 0 Å². The van der Waals surface area contributed by atoms with Crippen molar-refractivity contribution in [2.24, 2.45) is 23.5 Å². The van der Waals surface area contributed by atoms with Crippen molar-refractivity contribution in [1.29, 1.82) is 0 Å². The van der Waals surface area contributed by atoms with Crippen LogP contribution in [0.25, 0.3) is 0 Å². The maximum atomic E-state index is 6.28. The second-order valence-corrected chi connectivity index (χ2v) is 7.54. The number of fused-ring (bicyclic) bond motifs is 1. The summed E-state index contributed by atoms with van der Waals surface area (Å²) in [7, 11) is 0. The molecule has 2 N–H and O–H groups in total. The van der Waals surface area contributed by atoms with Crippen LogP contribution in [0.1, 0.15) is 72.1 Å². The fourth-order valence-corrected chi connectivity index (χ4v) is 4.68. The van der Waals surface area contributed by atoms with Crippen LogP contribution in [0.5, 0.6) is 0 Å². The van der Waals surface area contributed by atoms with Crippen molar-refractivity contribution in [2.45, 2.75) is 77.7 Å². The fraction of sp³-hybridized carbons (Fsp3) is 1.00. The number of rotatable bonds is 6. The third kappa shape index (κ3) is 3.39. The van der Waals surface area contributed by atoms with Gasteiger partial charge in [-0.2, -0.15) is 0 Å². The Morgan fingerprint density at radius 1 is 1.15 bits per heavy atom. The second kappa shape index (κ2) is 7.26. The Morgan fingerprint density at radius 3 is 2.45 bits per heavy atom. The van der Waals surface area contributed by atoms with Gasteiger partial charge in [0.15, 0.2) is 0 Å². The van der Waals surface area contributed by atoms with Gasteiger partial charge in [-0.1, -0.05) is 46.5 Å². The molecule has 2 aliphatic rings. The zero-order valence-electron chi connectivity index (χ0n) is 14.0. The molecule has 118 valence electrons. The highest BCUT2D eigenvalue weighted by Gasteiger charge is 2.40. The third-order valence-electron chi connectivity index (χ3n) is 6.43. The van der Waals surface area contributed by atoms with E-state index in [9.17, 15) is 0 Å². The van der Waals surface area contributed by atoms with Gasteiger partial charge < -0.3 is 5.73 Å². The molecule has 0 bridgehead atoms. The molecule has 1 aliphatic heterocycles. The van der Waals surface area contributed by atoms with Crippen molar-refractivity contribution < 1.29 is 0 Å². The van der Waals surface area contributed by atoms with Crippen LogP contribution in [0, 0.1) is 17.8 Å². The van der Waals surface area contributed by atoms with E-state index in [1.54, 1.807) is 0 Å². The van der Waals surface area contributed by atoms with Crippen molar-refractivity contribution in [3.05, 3.63) is 0 Å². The summed E-state index contributed by atoms with van der Waals surface area (Å²) in [6.45, 7) is 10.5. The van der Waals surface area contributed by atoms with E-state index in [2.05, 4.69) is 25.7 Å². The minimum atomic E-state index is 0.276. The maximum absolute atomic E-state index is 6.28. The van der Waals surface area contributed by atoms with E-state index in [1.807, 2.05) is 0 Å². The first-order chi connectivity index (χ1) is 9.65. The topological polar surface area (TPSA) is 29.3 Å². The molecule has 2 rings (SSSR count). The Morgan fingerprint density at radius 2 is 1.85 bits per heavy atom. The molecule has 0 spiro atoms. The van der Waals surface area contributed by atoms with Crippen LogP contribution in [0.2, 0.25) is 0 Å². The SMILES string of the molecule is CCC(C)CC(CC)(CN)N1CCC2CCCCC2C1. The van der Waals surface area contributed by atoms with Crippen molar-refractivity contribution in [1.82, 2.24) is 4.90 Å². The highest BCUT2D eigenvalue weighted by atomic mass is 15.2.